The van der Waals surface area contributed by atoms with Gasteiger partial charge < -0.3 is 25.3 Å². The van der Waals surface area contributed by atoms with Gasteiger partial charge in [-0.25, -0.2) is 16.5 Å². The van der Waals surface area contributed by atoms with Crippen LogP contribution in [0, 0.1) is 0 Å². The van der Waals surface area contributed by atoms with E-state index in [1.165, 1.54) is 5.70 Å². The highest BCUT2D eigenvalue weighted by atomic mass is 127. The molecule has 1 atom stereocenters. The number of anilines is 1. The van der Waals surface area contributed by atoms with Crippen molar-refractivity contribution in [2.75, 3.05) is 44.8 Å². The fraction of sp³-hybridized carbons (Fsp3) is 0.538. The number of fused-ring (bicyclic) bond motifs is 1. The Hall–Kier alpha value is -2.45. The van der Waals surface area contributed by atoms with E-state index in [1.807, 2.05) is 28.9 Å². The van der Waals surface area contributed by atoms with Gasteiger partial charge in [-0.1, -0.05) is 0 Å². The van der Waals surface area contributed by atoms with Gasteiger partial charge in [0, 0.05) is 86.6 Å². The lowest BCUT2D eigenvalue weighted by Gasteiger charge is -2.45. The summed E-state index contributed by atoms with van der Waals surface area (Å²) in [6.45, 7) is 3.20. The first-order chi connectivity index (χ1) is 18.3. The second-order valence-corrected chi connectivity index (χ2v) is 11.4. The molecule has 4 aliphatic rings. The van der Waals surface area contributed by atoms with Gasteiger partial charge in [0.15, 0.2) is 0 Å². The normalized spacial score (nSPS) is 22.9. The summed E-state index contributed by atoms with van der Waals surface area (Å²) >= 11 is 2.02. The maximum absolute atomic E-state index is 14.4. The summed E-state index contributed by atoms with van der Waals surface area (Å²) in [7, 11) is 2.08. The molecule has 1 saturated heterocycles. The molecular weight excluding hydrogens is 607 g/mol. The number of nitrogens with zero attached hydrogens (tertiary/aromatic N) is 6. The number of amides is 2. The van der Waals surface area contributed by atoms with Crippen molar-refractivity contribution in [2.45, 2.75) is 50.7 Å². The number of likely N-dealkylation sites (N-methyl/N-ethyl adjacent to an activating group) is 1. The Morgan fingerprint density at radius 2 is 2.00 bits per heavy atom. The predicted molar refractivity (Wildman–Crippen MR) is 148 cm³/mol. The van der Waals surface area contributed by atoms with E-state index in [2.05, 4.69) is 27.1 Å². The number of halogens is 3. The van der Waals surface area contributed by atoms with E-state index in [1.54, 1.807) is 26.3 Å². The molecule has 0 aliphatic carbocycles. The first-order valence-corrected chi connectivity index (χ1v) is 14.1. The molecule has 0 radical (unpaired) electrons. The molecule has 9 nitrogen and oxygen atoms in total. The number of alkyl halides is 2. The summed E-state index contributed by atoms with van der Waals surface area (Å²) < 4.78 is 36.1. The molecule has 0 saturated carbocycles. The molecule has 5 heterocycles. The van der Waals surface area contributed by atoms with Crippen LogP contribution in [0.25, 0.3) is 11.1 Å². The van der Waals surface area contributed by atoms with Crippen LogP contribution in [-0.4, -0.2) is 81.0 Å². The summed E-state index contributed by atoms with van der Waals surface area (Å²) in [6.07, 6.45) is 4.90. The first-order valence-electron chi connectivity index (χ1n) is 13.1. The SMILES string of the molecule is CN1C(N2CCCc3cc(-c4cnn(I)c4)c(C(F)F)cc32)C2=C(CCN(C(N)=O)C2)N1C1CCOCC1. The topological polar surface area (TPSA) is 83.1 Å². The Morgan fingerprint density at radius 3 is 2.68 bits per heavy atom. The average molecular weight is 639 g/mol. The Labute approximate surface area is 234 Å². The Bertz CT molecular complexity index is 1260. The minimum atomic E-state index is -2.62. The number of aryl methyl sites for hydroxylation is 1. The van der Waals surface area contributed by atoms with E-state index in [-0.39, 0.29) is 11.7 Å². The summed E-state index contributed by atoms with van der Waals surface area (Å²) in [6, 6.07) is 3.48. The van der Waals surface area contributed by atoms with Crippen molar-refractivity contribution in [2.24, 2.45) is 5.73 Å². The highest BCUT2D eigenvalue weighted by molar-refractivity contribution is 14.1. The second-order valence-electron chi connectivity index (χ2n) is 10.4. The van der Waals surface area contributed by atoms with E-state index < -0.39 is 12.5 Å². The Morgan fingerprint density at radius 1 is 1.21 bits per heavy atom. The van der Waals surface area contributed by atoms with Crippen LogP contribution in [0.5, 0.6) is 0 Å². The smallest absolute Gasteiger partial charge is 0.315 e. The summed E-state index contributed by atoms with van der Waals surface area (Å²) in [4.78, 5) is 16.1. The number of rotatable bonds is 4. The highest BCUT2D eigenvalue weighted by Gasteiger charge is 2.46. The zero-order valence-corrected chi connectivity index (χ0v) is 23.5. The number of carbonyl (C=O) groups is 1. The molecule has 1 aromatic carbocycles. The van der Waals surface area contributed by atoms with Crippen LogP contribution in [-0.2, 0) is 11.2 Å². The van der Waals surface area contributed by atoms with Crippen LogP contribution in [0.15, 0.2) is 35.8 Å². The van der Waals surface area contributed by atoms with Crippen molar-refractivity contribution >= 4 is 34.6 Å². The number of hydrazine groups is 1. The number of hydrogen-bond donors (Lipinski definition) is 1. The molecule has 2 amide bonds. The maximum atomic E-state index is 14.4. The minimum absolute atomic E-state index is 0.0126. The van der Waals surface area contributed by atoms with E-state index in [4.69, 9.17) is 10.5 Å². The van der Waals surface area contributed by atoms with Crippen molar-refractivity contribution in [3.05, 3.63) is 46.9 Å². The molecule has 0 bridgehead atoms. The Kier molecular flexibility index (Phi) is 6.97. The van der Waals surface area contributed by atoms with Crippen molar-refractivity contribution in [3.63, 3.8) is 0 Å². The molecule has 38 heavy (non-hydrogen) atoms. The fourth-order valence-corrected chi connectivity index (χ4v) is 7.01. The van der Waals surface area contributed by atoms with Gasteiger partial charge in [0.2, 0.25) is 0 Å². The zero-order chi connectivity index (χ0) is 26.6. The lowest BCUT2D eigenvalue weighted by molar-refractivity contribution is -0.0511. The number of hydrogen-bond acceptors (Lipinski definition) is 6. The second kappa shape index (κ2) is 10.3. The molecule has 0 spiro atoms. The molecular formula is C26H32F2IN7O2. The summed E-state index contributed by atoms with van der Waals surface area (Å²) in [5, 5.41) is 8.85. The third-order valence-electron chi connectivity index (χ3n) is 8.28. The molecule has 204 valence electrons. The zero-order valence-electron chi connectivity index (χ0n) is 21.3. The molecule has 6 rings (SSSR count). The quantitative estimate of drug-likeness (QED) is 0.507. The number of nitrogens with two attached hydrogens (primary N) is 1. The minimum Gasteiger partial charge on any atom is -0.381 e. The molecule has 12 heteroatoms. The number of aromatic nitrogens is 2. The number of primary amides is 1. The molecule has 2 aromatic rings. The van der Waals surface area contributed by atoms with Crippen LogP contribution in [0.3, 0.4) is 0 Å². The first kappa shape index (κ1) is 25.8. The van der Waals surface area contributed by atoms with Gasteiger partial charge in [-0.3, -0.25) is 0 Å². The molecule has 1 aromatic heterocycles. The van der Waals surface area contributed by atoms with E-state index in [9.17, 15) is 13.6 Å². The van der Waals surface area contributed by atoms with Crippen LogP contribution in [0.4, 0.5) is 19.3 Å². The van der Waals surface area contributed by atoms with Gasteiger partial charge in [-0.15, -0.1) is 0 Å². The molecule has 1 unspecified atom stereocenters. The van der Waals surface area contributed by atoms with Crippen LogP contribution in [0.1, 0.15) is 43.2 Å². The van der Waals surface area contributed by atoms with Gasteiger partial charge >= 0.3 is 6.03 Å². The maximum Gasteiger partial charge on any atom is 0.315 e. The lowest BCUT2D eigenvalue weighted by atomic mass is 9.92. The number of urea groups is 1. The van der Waals surface area contributed by atoms with Crippen LogP contribution < -0.4 is 10.6 Å². The number of benzene rings is 1. The predicted octanol–water partition coefficient (Wildman–Crippen LogP) is 4.14. The van der Waals surface area contributed by atoms with Crippen molar-refractivity contribution in [1.29, 1.82) is 0 Å². The highest BCUT2D eigenvalue weighted by Crippen LogP contribution is 2.44. The van der Waals surface area contributed by atoms with Crippen molar-refractivity contribution in [3.8, 4) is 11.1 Å². The van der Waals surface area contributed by atoms with Crippen LogP contribution in [0.2, 0.25) is 0 Å². The van der Waals surface area contributed by atoms with Gasteiger partial charge in [-0.2, -0.15) is 10.1 Å². The van der Waals surface area contributed by atoms with Gasteiger partial charge in [0.25, 0.3) is 6.43 Å². The number of carbonyl (C=O) groups excluding carboxylic acids is 1. The number of ether oxygens (including phenoxy) is 1. The van der Waals surface area contributed by atoms with Gasteiger partial charge in [0.1, 0.15) is 6.17 Å². The molecule has 2 N–H and O–H groups in total. The standard InChI is InChI=1S/C26H32F2IN7O2/c1-32-25(21-15-33(26(30)37)8-4-22(21)36(32)18-5-9-38-10-6-18)34-7-2-3-16-11-19(17-13-31-35(29)14-17)20(24(27)28)12-23(16)34/h11-14,18,24-25H,2-10,15H2,1H3,(H2,30,37). The average Bonchev–Trinajstić information content (AvgIpc) is 3.47. The monoisotopic (exact) mass is 639 g/mol. The van der Waals surface area contributed by atoms with E-state index in [0.29, 0.717) is 30.3 Å². The largest absolute Gasteiger partial charge is 0.381 e. The van der Waals surface area contributed by atoms with Crippen molar-refractivity contribution in [1.82, 2.24) is 22.9 Å². The van der Waals surface area contributed by atoms with Gasteiger partial charge in [-0.05, 0) is 48.9 Å². The Balaban J connectivity index is 1.43. The van der Waals surface area contributed by atoms with E-state index >= 15 is 0 Å². The lowest BCUT2D eigenvalue weighted by Crippen LogP contribution is -2.54. The third-order valence-corrected chi connectivity index (χ3v) is 8.81. The summed E-state index contributed by atoms with van der Waals surface area (Å²) in [5.74, 6) is 0. The van der Waals surface area contributed by atoms with Gasteiger partial charge in [0.05, 0.1) is 29.1 Å². The fourth-order valence-electron chi connectivity index (χ4n) is 6.59. The molecule has 1 fully saturated rings. The van der Waals surface area contributed by atoms with Crippen molar-refractivity contribution < 1.29 is 18.3 Å². The van der Waals surface area contributed by atoms with E-state index in [0.717, 1.165) is 68.7 Å². The molecule has 4 aliphatic heterocycles. The summed E-state index contributed by atoms with van der Waals surface area (Å²) in [5.41, 5.74) is 11.2. The third kappa shape index (κ3) is 4.43. The van der Waals surface area contributed by atoms with Crippen LogP contribution >= 0.6 is 22.9 Å².